The maximum Gasteiger partial charge on any atom is 0.326 e. The summed E-state index contributed by atoms with van der Waals surface area (Å²) < 4.78 is 0. The normalized spacial score (nSPS) is 13.9. The van der Waals surface area contributed by atoms with E-state index in [-0.39, 0.29) is 27.9 Å². The molecule has 0 fully saturated rings. The fourth-order valence-corrected chi connectivity index (χ4v) is 5.29. The number of pyridine rings is 1. The van der Waals surface area contributed by atoms with Gasteiger partial charge in [0.05, 0.1) is 26.7 Å². The van der Waals surface area contributed by atoms with Crippen LogP contribution in [0.25, 0.3) is 16.5 Å². The molecule has 0 radical (unpaired) electrons. The van der Waals surface area contributed by atoms with E-state index in [9.17, 15) is 19.5 Å². The number of halogens is 2. The third-order valence-corrected chi connectivity index (χ3v) is 7.52. The number of hydrogen-bond acceptors (Lipinski definition) is 4. The molecule has 1 aliphatic heterocycles. The maximum absolute atomic E-state index is 13.1. The van der Waals surface area contributed by atoms with Crippen LogP contribution in [0, 0.1) is 0 Å². The van der Waals surface area contributed by atoms with E-state index in [0.717, 1.165) is 27.6 Å². The number of carboxylic acid groups (broad SMARTS) is 1. The van der Waals surface area contributed by atoms with Gasteiger partial charge in [-0.15, -0.1) is 0 Å². The summed E-state index contributed by atoms with van der Waals surface area (Å²) in [7, 11) is 0. The molecule has 2 N–H and O–H groups in total. The van der Waals surface area contributed by atoms with E-state index in [2.05, 4.69) is 10.3 Å². The topological polar surface area (TPSA) is 99.6 Å². The second-order valence-electron chi connectivity index (χ2n) is 9.51. The van der Waals surface area contributed by atoms with Crippen molar-refractivity contribution in [2.24, 2.45) is 0 Å². The smallest absolute Gasteiger partial charge is 0.326 e. The van der Waals surface area contributed by atoms with Gasteiger partial charge in [-0.3, -0.25) is 14.6 Å². The number of aliphatic carboxylic acids is 1. The van der Waals surface area contributed by atoms with E-state index in [1.807, 2.05) is 60.7 Å². The molecule has 2 heterocycles. The highest BCUT2D eigenvalue weighted by Gasteiger charge is 2.24. The Hall–Kier alpha value is -4.20. The van der Waals surface area contributed by atoms with Crippen LogP contribution >= 0.6 is 23.2 Å². The van der Waals surface area contributed by atoms with Crippen molar-refractivity contribution in [2.75, 3.05) is 13.1 Å². The highest BCUT2D eigenvalue weighted by Crippen LogP contribution is 2.26. The van der Waals surface area contributed by atoms with E-state index in [1.54, 1.807) is 17.2 Å². The molecule has 0 saturated heterocycles. The van der Waals surface area contributed by atoms with Crippen molar-refractivity contribution < 1.29 is 19.5 Å². The minimum atomic E-state index is -1.16. The lowest BCUT2D eigenvalue weighted by Gasteiger charge is -2.27. The van der Waals surface area contributed by atoms with Crippen molar-refractivity contribution in [3.63, 3.8) is 0 Å². The van der Waals surface area contributed by atoms with Gasteiger partial charge in [-0.1, -0.05) is 77.8 Å². The predicted octanol–water partition coefficient (Wildman–Crippen LogP) is 5.90. The van der Waals surface area contributed by atoms with Crippen LogP contribution in [0.3, 0.4) is 0 Å². The molecule has 0 spiro atoms. The summed E-state index contributed by atoms with van der Waals surface area (Å²) in [4.78, 5) is 43.8. The molecule has 0 saturated carbocycles. The van der Waals surface area contributed by atoms with Crippen LogP contribution in [0.2, 0.25) is 10.0 Å². The summed E-state index contributed by atoms with van der Waals surface area (Å²) >= 11 is 12.2. The van der Waals surface area contributed by atoms with Crippen LogP contribution in [0.4, 0.5) is 0 Å². The van der Waals surface area contributed by atoms with E-state index >= 15 is 0 Å². The standard InChI is InChI=1S/C31H25Cl2N3O4/c32-24-5-3-6-25(33)28(24)29(37)35-27(31(39)40)16-19-8-10-20(11-9-19)21-12-14-36(15-13-21)30(38)23-17-22-4-1-2-7-26(22)34-18-23/h1-12,17-18,27H,13-16H2,(H,35,37)(H,39,40)/t27-/m0/s1. The zero-order valence-electron chi connectivity index (χ0n) is 21.3. The molecule has 1 aromatic heterocycles. The number of aromatic nitrogens is 1. The fraction of sp³-hybridized carbons (Fsp3) is 0.161. The van der Waals surface area contributed by atoms with E-state index < -0.39 is 17.9 Å². The zero-order valence-corrected chi connectivity index (χ0v) is 22.8. The third-order valence-electron chi connectivity index (χ3n) is 6.89. The molecule has 0 aliphatic carbocycles. The Bertz CT molecular complexity index is 1620. The molecule has 0 unspecified atom stereocenters. The lowest BCUT2D eigenvalue weighted by Crippen LogP contribution is -2.42. The van der Waals surface area contributed by atoms with Gasteiger partial charge in [0, 0.05) is 31.1 Å². The van der Waals surface area contributed by atoms with Crippen LogP contribution < -0.4 is 5.32 Å². The summed E-state index contributed by atoms with van der Waals surface area (Å²) in [5.41, 5.74) is 4.33. The number of benzene rings is 3. The van der Waals surface area contributed by atoms with Gasteiger partial charge in [-0.05, 0) is 47.4 Å². The Morgan fingerprint density at radius 1 is 0.975 bits per heavy atom. The molecule has 202 valence electrons. The molecule has 9 heteroatoms. The number of rotatable bonds is 7. The van der Waals surface area contributed by atoms with Gasteiger partial charge in [-0.25, -0.2) is 4.79 Å². The SMILES string of the molecule is O=C(N[C@@H](Cc1ccc(C2=CCN(C(=O)c3cnc4ccccc4c3)CC2)cc1)C(=O)O)c1c(Cl)cccc1Cl. The first-order valence-electron chi connectivity index (χ1n) is 12.7. The van der Waals surface area contributed by atoms with Crippen LogP contribution in [0.5, 0.6) is 0 Å². The van der Waals surface area contributed by atoms with Crippen molar-refractivity contribution in [3.8, 4) is 0 Å². The van der Waals surface area contributed by atoms with Gasteiger partial charge in [0.25, 0.3) is 11.8 Å². The summed E-state index contributed by atoms with van der Waals surface area (Å²) in [5.74, 6) is -1.86. The number of hydrogen-bond donors (Lipinski definition) is 2. The van der Waals surface area contributed by atoms with Gasteiger partial charge >= 0.3 is 5.97 Å². The quantitative estimate of drug-likeness (QED) is 0.287. The van der Waals surface area contributed by atoms with Crippen molar-refractivity contribution in [1.82, 2.24) is 15.2 Å². The number of carbonyl (C=O) groups excluding carboxylic acids is 2. The second kappa shape index (κ2) is 11.9. The molecule has 2 amide bonds. The Morgan fingerprint density at radius 2 is 1.70 bits per heavy atom. The average molecular weight is 574 g/mol. The van der Waals surface area contributed by atoms with Gasteiger partial charge < -0.3 is 15.3 Å². The Balaban J connectivity index is 1.22. The predicted molar refractivity (Wildman–Crippen MR) is 156 cm³/mol. The van der Waals surface area contributed by atoms with Crippen molar-refractivity contribution in [2.45, 2.75) is 18.9 Å². The number of fused-ring (bicyclic) bond motifs is 1. The Morgan fingerprint density at radius 3 is 2.38 bits per heavy atom. The van der Waals surface area contributed by atoms with E-state index in [0.29, 0.717) is 25.1 Å². The monoisotopic (exact) mass is 573 g/mol. The number of nitrogens with zero attached hydrogens (tertiary/aromatic N) is 2. The van der Waals surface area contributed by atoms with Crippen molar-refractivity contribution >= 4 is 57.5 Å². The highest BCUT2D eigenvalue weighted by atomic mass is 35.5. The molecule has 5 rings (SSSR count). The average Bonchev–Trinajstić information content (AvgIpc) is 2.96. The van der Waals surface area contributed by atoms with Crippen LogP contribution in [0.15, 0.2) is 85.1 Å². The summed E-state index contributed by atoms with van der Waals surface area (Å²) in [6.07, 6.45) is 4.44. The largest absolute Gasteiger partial charge is 0.480 e. The van der Waals surface area contributed by atoms with Crippen molar-refractivity contribution in [3.05, 3.63) is 117 Å². The lowest BCUT2D eigenvalue weighted by molar-refractivity contribution is -0.139. The van der Waals surface area contributed by atoms with Crippen LogP contribution in [0.1, 0.15) is 38.3 Å². The molecule has 7 nitrogen and oxygen atoms in total. The third kappa shape index (κ3) is 6.01. The first kappa shape index (κ1) is 27.4. The van der Waals surface area contributed by atoms with E-state index in [1.165, 1.54) is 12.1 Å². The molecule has 0 bridgehead atoms. The maximum atomic E-state index is 13.1. The Labute approximate surface area is 241 Å². The second-order valence-corrected chi connectivity index (χ2v) is 10.3. The first-order valence-corrected chi connectivity index (χ1v) is 13.5. The number of carboxylic acids is 1. The highest BCUT2D eigenvalue weighted by molar-refractivity contribution is 6.39. The number of amides is 2. The molecular formula is C31H25Cl2N3O4. The van der Waals surface area contributed by atoms with Gasteiger partial charge in [0.2, 0.25) is 0 Å². The molecule has 4 aromatic rings. The number of para-hydroxylation sites is 1. The van der Waals surface area contributed by atoms with Crippen LogP contribution in [-0.2, 0) is 11.2 Å². The summed E-state index contributed by atoms with van der Waals surface area (Å²) in [6, 6.07) is 20.6. The minimum absolute atomic E-state index is 0.0427. The molecule has 3 aromatic carbocycles. The number of carbonyl (C=O) groups is 3. The fourth-order valence-electron chi connectivity index (χ4n) is 4.72. The van der Waals surface area contributed by atoms with Gasteiger partial charge in [0.15, 0.2) is 0 Å². The minimum Gasteiger partial charge on any atom is -0.480 e. The number of nitrogens with one attached hydrogen (secondary N) is 1. The van der Waals surface area contributed by atoms with Crippen molar-refractivity contribution in [1.29, 1.82) is 0 Å². The van der Waals surface area contributed by atoms with Gasteiger partial charge in [0.1, 0.15) is 6.04 Å². The Kier molecular flexibility index (Phi) is 8.14. The van der Waals surface area contributed by atoms with Crippen LogP contribution in [-0.4, -0.2) is 51.9 Å². The molecule has 1 aliphatic rings. The van der Waals surface area contributed by atoms with Gasteiger partial charge in [-0.2, -0.15) is 0 Å². The van der Waals surface area contributed by atoms with E-state index in [4.69, 9.17) is 23.2 Å². The molecule has 40 heavy (non-hydrogen) atoms. The molecular weight excluding hydrogens is 549 g/mol. The zero-order chi connectivity index (χ0) is 28.2. The summed E-state index contributed by atoms with van der Waals surface area (Å²) in [5, 5.41) is 13.4. The first-order chi connectivity index (χ1) is 19.3. The molecule has 1 atom stereocenters. The lowest BCUT2D eigenvalue weighted by atomic mass is 9.96. The summed E-state index contributed by atoms with van der Waals surface area (Å²) in [6.45, 7) is 1.07.